The molecule has 1 aliphatic carbocycles. The van der Waals surface area contributed by atoms with Gasteiger partial charge in [-0.15, -0.1) is 0 Å². The number of aryl methyl sites for hydroxylation is 1. The largest absolute Gasteiger partial charge is 0.506 e. The Morgan fingerprint density at radius 1 is 1.21 bits per heavy atom. The van der Waals surface area contributed by atoms with Gasteiger partial charge >= 0.3 is 0 Å². The Morgan fingerprint density at radius 3 is 2.70 bits per heavy atom. The zero-order valence-corrected chi connectivity index (χ0v) is 19.1. The second-order valence-electron chi connectivity index (χ2n) is 10.0. The Morgan fingerprint density at radius 2 is 2.00 bits per heavy atom. The van der Waals surface area contributed by atoms with Gasteiger partial charge < -0.3 is 33.5 Å². The van der Waals surface area contributed by atoms with Crippen LogP contribution in [0.4, 0.5) is 0 Å². The summed E-state index contributed by atoms with van der Waals surface area (Å²) in [5.74, 6) is -1.18. The number of aromatic hydroxyl groups is 1. The van der Waals surface area contributed by atoms with E-state index >= 15 is 0 Å². The molecule has 2 aromatic carbocycles. The normalized spacial score (nSPS) is 37.6. The highest BCUT2D eigenvalue weighted by Crippen LogP contribution is 2.66. The smallest absolute Gasteiger partial charge is 0.271 e. The third kappa shape index (κ3) is 2.19. The van der Waals surface area contributed by atoms with Gasteiger partial charge in [-0.1, -0.05) is 0 Å². The molecule has 7 rings (SSSR count). The lowest BCUT2D eigenvalue weighted by Gasteiger charge is -2.49. The number of methoxy groups -OCH3 is 2. The van der Waals surface area contributed by atoms with Crippen LogP contribution in [0.3, 0.4) is 0 Å². The van der Waals surface area contributed by atoms with E-state index < -0.39 is 29.4 Å². The lowest BCUT2D eigenvalue weighted by atomic mass is 9.79. The number of Topliss-reactive ketones (excluding diaryl/α,β-unsaturated/α-hetero) is 1. The molecule has 8 nitrogen and oxygen atoms in total. The Labute approximate surface area is 190 Å². The van der Waals surface area contributed by atoms with Crippen LogP contribution in [0, 0.1) is 6.92 Å². The molecule has 1 spiro atoms. The molecule has 2 bridgehead atoms. The molecule has 3 saturated heterocycles. The van der Waals surface area contributed by atoms with Crippen molar-refractivity contribution in [2.45, 2.75) is 68.9 Å². The number of carbonyl (C=O) groups excluding carboxylic acids is 1. The second-order valence-corrected chi connectivity index (χ2v) is 10.0. The summed E-state index contributed by atoms with van der Waals surface area (Å²) < 4.78 is 37.4. The van der Waals surface area contributed by atoms with Crippen molar-refractivity contribution in [1.82, 2.24) is 0 Å². The zero-order valence-electron chi connectivity index (χ0n) is 19.1. The Kier molecular flexibility index (Phi) is 3.63. The minimum absolute atomic E-state index is 0.0723. The summed E-state index contributed by atoms with van der Waals surface area (Å²) in [6.07, 6.45) is 1.26. The molecular weight excluding hydrogens is 428 g/mol. The molecule has 0 amide bonds. The summed E-state index contributed by atoms with van der Waals surface area (Å²) >= 11 is 0. The molecular formula is C25H26O8. The predicted octanol–water partition coefficient (Wildman–Crippen LogP) is 3.46. The van der Waals surface area contributed by atoms with E-state index in [2.05, 4.69) is 0 Å². The first-order valence-electron chi connectivity index (χ1n) is 11.4. The lowest BCUT2D eigenvalue weighted by Crippen LogP contribution is -2.67. The van der Waals surface area contributed by atoms with Crippen molar-refractivity contribution in [1.29, 1.82) is 0 Å². The molecule has 8 heteroatoms. The third-order valence-corrected chi connectivity index (χ3v) is 8.11. The molecule has 0 radical (unpaired) electrons. The molecule has 5 aliphatic rings. The van der Waals surface area contributed by atoms with Crippen molar-refractivity contribution in [3.8, 4) is 17.2 Å². The molecule has 4 aliphatic heterocycles. The topological polar surface area (TPSA) is 96.0 Å². The summed E-state index contributed by atoms with van der Waals surface area (Å²) in [6, 6.07) is 1.98. The van der Waals surface area contributed by atoms with Gasteiger partial charge in [-0.2, -0.15) is 0 Å². The Hall–Kier alpha value is -2.39. The maximum atomic E-state index is 12.9. The molecule has 2 aromatic rings. The molecule has 0 saturated carbocycles. The molecule has 0 aromatic heterocycles. The quantitative estimate of drug-likeness (QED) is 0.690. The standard InChI is InChI=1S/C25H26O8/c1-11-8-13-17(18(27)16-12(19(13)28-3)6-5-7-14(16)26)20-15(11)21-22-25(29-4,32-20)24(10-30-24)9-23(2,31-21)33-22/h8,21-22,27H,5-7,9-10H2,1-4H3/t21?,22?,23?,24-,25+/m0/s1. The van der Waals surface area contributed by atoms with E-state index in [9.17, 15) is 9.90 Å². The van der Waals surface area contributed by atoms with E-state index in [-0.39, 0.29) is 11.5 Å². The molecule has 3 fully saturated rings. The first kappa shape index (κ1) is 20.0. The minimum atomic E-state index is -1.24. The number of ether oxygens (including phenoxy) is 6. The number of ketones is 1. The van der Waals surface area contributed by atoms with E-state index in [0.29, 0.717) is 53.7 Å². The van der Waals surface area contributed by atoms with Gasteiger partial charge in [0.2, 0.25) is 0 Å². The minimum Gasteiger partial charge on any atom is -0.506 e. The Bertz CT molecular complexity index is 1260. The van der Waals surface area contributed by atoms with E-state index in [1.54, 1.807) is 14.2 Å². The van der Waals surface area contributed by atoms with Gasteiger partial charge in [-0.05, 0) is 38.3 Å². The van der Waals surface area contributed by atoms with Crippen LogP contribution in [-0.4, -0.2) is 55.0 Å². The fourth-order valence-electron chi connectivity index (χ4n) is 6.74. The first-order valence-corrected chi connectivity index (χ1v) is 11.4. The van der Waals surface area contributed by atoms with Crippen LogP contribution in [0.2, 0.25) is 0 Å². The fraction of sp³-hybridized carbons (Fsp3) is 0.560. The number of phenolic OH excluding ortho intramolecular Hbond substituents is 1. The number of hydrogen-bond acceptors (Lipinski definition) is 8. The maximum absolute atomic E-state index is 12.9. The van der Waals surface area contributed by atoms with Crippen LogP contribution >= 0.6 is 0 Å². The molecule has 5 atom stereocenters. The number of epoxide rings is 1. The van der Waals surface area contributed by atoms with Crippen molar-refractivity contribution >= 4 is 16.6 Å². The Balaban J connectivity index is 1.59. The lowest BCUT2D eigenvalue weighted by molar-refractivity contribution is -0.321. The van der Waals surface area contributed by atoms with Gasteiger partial charge in [-0.25, -0.2) is 0 Å². The van der Waals surface area contributed by atoms with Crippen molar-refractivity contribution < 1.29 is 38.3 Å². The van der Waals surface area contributed by atoms with Crippen molar-refractivity contribution in [2.24, 2.45) is 0 Å². The highest BCUT2D eigenvalue weighted by Gasteiger charge is 2.80. The summed E-state index contributed by atoms with van der Waals surface area (Å²) in [6.45, 7) is 4.37. The van der Waals surface area contributed by atoms with Gasteiger partial charge in [0, 0.05) is 36.5 Å². The SMILES string of the molecule is COc1c2c(c(O)c3c4c(c(C)cc13)C1OC3(C)C[C@]5(CO5)[C@](OC)(O4)C1O3)C(=O)CCC2. The number of carbonyl (C=O) groups is 1. The average Bonchev–Trinajstić information content (AvgIpc) is 3.46. The zero-order chi connectivity index (χ0) is 22.9. The van der Waals surface area contributed by atoms with Gasteiger partial charge in [-0.3, -0.25) is 4.79 Å². The number of phenols is 1. The third-order valence-electron chi connectivity index (χ3n) is 8.11. The number of rotatable bonds is 2. The van der Waals surface area contributed by atoms with Crippen LogP contribution in [0.5, 0.6) is 17.2 Å². The van der Waals surface area contributed by atoms with E-state index in [4.69, 9.17) is 28.4 Å². The van der Waals surface area contributed by atoms with E-state index in [0.717, 1.165) is 23.1 Å². The van der Waals surface area contributed by atoms with Crippen molar-refractivity contribution in [3.05, 3.63) is 28.3 Å². The van der Waals surface area contributed by atoms with Crippen LogP contribution < -0.4 is 9.47 Å². The summed E-state index contributed by atoms with van der Waals surface area (Å²) in [5.41, 5.74) is 2.10. The van der Waals surface area contributed by atoms with Crippen LogP contribution in [0.15, 0.2) is 6.07 Å². The first-order chi connectivity index (χ1) is 15.8. The molecule has 1 N–H and O–H groups in total. The number of fused-ring (bicyclic) bond motifs is 7. The molecule has 4 heterocycles. The van der Waals surface area contributed by atoms with Crippen molar-refractivity contribution in [3.63, 3.8) is 0 Å². The van der Waals surface area contributed by atoms with Gasteiger partial charge in [0.1, 0.15) is 23.4 Å². The van der Waals surface area contributed by atoms with Crippen LogP contribution in [0.1, 0.15) is 59.3 Å². The fourth-order valence-corrected chi connectivity index (χ4v) is 6.74. The molecule has 33 heavy (non-hydrogen) atoms. The van der Waals surface area contributed by atoms with Gasteiger partial charge in [0.25, 0.3) is 5.79 Å². The van der Waals surface area contributed by atoms with Gasteiger partial charge in [0.05, 0.1) is 24.7 Å². The van der Waals surface area contributed by atoms with E-state index in [1.165, 1.54) is 0 Å². The van der Waals surface area contributed by atoms with Gasteiger partial charge in [0.15, 0.2) is 23.3 Å². The summed E-state index contributed by atoms with van der Waals surface area (Å²) in [7, 11) is 3.18. The highest BCUT2D eigenvalue weighted by atomic mass is 16.8. The highest BCUT2D eigenvalue weighted by molar-refractivity contribution is 6.11. The van der Waals surface area contributed by atoms with Crippen LogP contribution in [-0.2, 0) is 25.4 Å². The summed E-state index contributed by atoms with van der Waals surface area (Å²) in [5, 5.41) is 12.6. The monoisotopic (exact) mass is 454 g/mol. The van der Waals surface area contributed by atoms with Crippen LogP contribution in [0.25, 0.3) is 10.8 Å². The second kappa shape index (κ2) is 5.99. The summed E-state index contributed by atoms with van der Waals surface area (Å²) in [4.78, 5) is 12.9. The number of hydrogen-bond donors (Lipinski definition) is 1. The maximum Gasteiger partial charge on any atom is 0.271 e. The number of benzene rings is 2. The predicted molar refractivity (Wildman–Crippen MR) is 115 cm³/mol. The van der Waals surface area contributed by atoms with E-state index in [1.807, 2.05) is 19.9 Å². The molecule has 3 unspecified atom stereocenters. The van der Waals surface area contributed by atoms with Crippen molar-refractivity contribution in [2.75, 3.05) is 20.8 Å². The average molecular weight is 454 g/mol. The molecule has 174 valence electrons.